The van der Waals surface area contributed by atoms with E-state index in [9.17, 15) is 18.0 Å². The van der Waals surface area contributed by atoms with Crippen LogP contribution in [0.2, 0.25) is 0 Å². The van der Waals surface area contributed by atoms with E-state index in [-0.39, 0.29) is 23.8 Å². The number of benzene rings is 2. The fraction of sp³-hybridized carbons (Fsp3) is 0.300. The van der Waals surface area contributed by atoms with E-state index in [1.165, 1.54) is 20.1 Å². The van der Waals surface area contributed by atoms with Crippen molar-refractivity contribution in [1.29, 1.82) is 0 Å². The number of anilines is 2. The predicted octanol–water partition coefficient (Wildman–Crippen LogP) is 2.53. The summed E-state index contributed by atoms with van der Waals surface area (Å²) in [5, 5.41) is 4.37. The van der Waals surface area contributed by atoms with E-state index >= 15 is 0 Å². The molecular formula is C20H22N2O6S. The first-order chi connectivity index (χ1) is 13.7. The maximum Gasteiger partial charge on any atom is 0.262 e. The molecule has 8 nitrogen and oxygen atoms in total. The number of methoxy groups -OCH3 is 1. The number of hydrogen-bond acceptors (Lipinski definition) is 6. The molecule has 2 amide bonds. The zero-order valence-corrected chi connectivity index (χ0v) is 17.1. The molecule has 9 heteroatoms. The van der Waals surface area contributed by atoms with Gasteiger partial charge in [-0.3, -0.25) is 9.59 Å². The maximum atomic E-state index is 13.0. The van der Waals surface area contributed by atoms with Gasteiger partial charge in [-0.15, -0.1) is 0 Å². The number of fused-ring (bicyclic) bond motifs is 1. The molecule has 0 saturated heterocycles. The highest BCUT2D eigenvalue weighted by molar-refractivity contribution is 7.92. The molecular weight excluding hydrogens is 396 g/mol. The Morgan fingerprint density at radius 1 is 1.31 bits per heavy atom. The second kappa shape index (κ2) is 8.12. The topological polar surface area (TPSA) is 111 Å². The van der Waals surface area contributed by atoms with Crippen LogP contribution >= 0.6 is 0 Å². The molecule has 3 rings (SSSR count). The van der Waals surface area contributed by atoms with Crippen molar-refractivity contribution in [3.63, 3.8) is 0 Å². The standard InChI is InChI=1S/C20H22N2O6S/c1-12-7-16-17(28-11-20(24)22-16)10-18(12)29(25,26)13(2)8-19(23)21-14-5-4-6-15(9-14)27-3/h4-7,9-10,13H,8,11H2,1-3H3,(H,21,23)(H,22,24)/t13-/m1/s1. The number of aryl methyl sites for hydroxylation is 1. The number of amides is 2. The molecule has 1 heterocycles. The van der Waals surface area contributed by atoms with Crippen LogP contribution in [0.5, 0.6) is 11.5 Å². The van der Waals surface area contributed by atoms with E-state index in [4.69, 9.17) is 9.47 Å². The largest absolute Gasteiger partial charge is 0.497 e. The summed E-state index contributed by atoms with van der Waals surface area (Å²) >= 11 is 0. The van der Waals surface area contributed by atoms with Crippen molar-refractivity contribution in [3.8, 4) is 11.5 Å². The van der Waals surface area contributed by atoms with Gasteiger partial charge in [0, 0.05) is 24.2 Å². The molecule has 0 bridgehead atoms. The minimum absolute atomic E-state index is 0.0779. The summed E-state index contributed by atoms with van der Waals surface area (Å²) in [4.78, 5) is 23.9. The van der Waals surface area contributed by atoms with Gasteiger partial charge in [-0.2, -0.15) is 0 Å². The molecule has 29 heavy (non-hydrogen) atoms. The molecule has 2 N–H and O–H groups in total. The summed E-state index contributed by atoms with van der Waals surface area (Å²) in [6.45, 7) is 2.95. The lowest BCUT2D eigenvalue weighted by Crippen LogP contribution is -2.27. The Kier molecular flexibility index (Phi) is 5.78. The maximum absolute atomic E-state index is 13.0. The lowest BCUT2D eigenvalue weighted by Gasteiger charge is -2.21. The predicted molar refractivity (Wildman–Crippen MR) is 108 cm³/mol. The lowest BCUT2D eigenvalue weighted by atomic mass is 10.2. The first-order valence-corrected chi connectivity index (χ1v) is 10.5. The Hall–Kier alpha value is -3.07. The van der Waals surface area contributed by atoms with Crippen LogP contribution in [0.25, 0.3) is 0 Å². The molecule has 0 unspecified atom stereocenters. The van der Waals surface area contributed by atoms with Gasteiger partial charge in [0.05, 0.1) is 22.9 Å². The van der Waals surface area contributed by atoms with Crippen molar-refractivity contribution < 1.29 is 27.5 Å². The molecule has 0 aliphatic carbocycles. The highest BCUT2D eigenvalue weighted by Gasteiger charge is 2.29. The van der Waals surface area contributed by atoms with Gasteiger partial charge in [-0.1, -0.05) is 6.07 Å². The monoisotopic (exact) mass is 418 g/mol. The summed E-state index contributed by atoms with van der Waals surface area (Å²) < 4.78 is 36.5. The van der Waals surface area contributed by atoms with Crippen LogP contribution in [0, 0.1) is 6.92 Å². The van der Waals surface area contributed by atoms with E-state index in [1.807, 2.05) is 0 Å². The van der Waals surface area contributed by atoms with Crippen LogP contribution in [0.4, 0.5) is 11.4 Å². The third-order valence-electron chi connectivity index (χ3n) is 4.57. The van der Waals surface area contributed by atoms with Gasteiger partial charge < -0.3 is 20.1 Å². The minimum Gasteiger partial charge on any atom is -0.497 e. The van der Waals surface area contributed by atoms with Crippen LogP contribution in [-0.4, -0.2) is 39.2 Å². The van der Waals surface area contributed by atoms with Gasteiger partial charge in [0.25, 0.3) is 5.91 Å². The first kappa shape index (κ1) is 20.7. The summed E-state index contributed by atoms with van der Waals surface area (Å²) in [6, 6.07) is 9.77. The quantitative estimate of drug-likeness (QED) is 0.746. The van der Waals surface area contributed by atoms with Gasteiger partial charge >= 0.3 is 0 Å². The van der Waals surface area contributed by atoms with Crippen molar-refractivity contribution in [3.05, 3.63) is 42.0 Å². The Labute approximate surface area is 169 Å². The summed E-state index contributed by atoms with van der Waals surface area (Å²) in [5.74, 6) is 0.158. The summed E-state index contributed by atoms with van der Waals surface area (Å²) in [6.07, 6.45) is -0.215. The third kappa shape index (κ3) is 4.51. The van der Waals surface area contributed by atoms with Gasteiger partial charge in [0.1, 0.15) is 11.5 Å². The van der Waals surface area contributed by atoms with E-state index in [2.05, 4.69) is 10.6 Å². The van der Waals surface area contributed by atoms with E-state index in [1.54, 1.807) is 37.3 Å². The average Bonchev–Trinajstić information content (AvgIpc) is 2.67. The highest BCUT2D eigenvalue weighted by atomic mass is 32.2. The Morgan fingerprint density at radius 3 is 2.79 bits per heavy atom. The molecule has 0 spiro atoms. The van der Waals surface area contributed by atoms with Crippen molar-refractivity contribution >= 4 is 33.0 Å². The van der Waals surface area contributed by atoms with Crippen LogP contribution in [0.15, 0.2) is 41.3 Å². The van der Waals surface area contributed by atoms with E-state index < -0.39 is 21.0 Å². The molecule has 1 aliphatic rings. The van der Waals surface area contributed by atoms with Crippen LogP contribution in [0.3, 0.4) is 0 Å². The first-order valence-electron chi connectivity index (χ1n) is 8.96. The molecule has 2 aromatic carbocycles. The number of carbonyl (C=O) groups is 2. The van der Waals surface area contributed by atoms with Gasteiger partial charge in [-0.05, 0) is 37.6 Å². The normalized spacial score (nSPS) is 14.2. The second-order valence-electron chi connectivity index (χ2n) is 6.79. The molecule has 1 aliphatic heterocycles. The molecule has 154 valence electrons. The fourth-order valence-corrected chi connectivity index (χ4v) is 4.61. The van der Waals surface area contributed by atoms with Crippen molar-refractivity contribution in [2.24, 2.45) is 0 Å². The average molecular weight is 418 g/mol. The van der Waals surface area contributed by atoms with E-state index in [0.29, 0.717) is 28.4 Å². The van der Waals surface area contributed by atoms with Gasteiger partial charge in [-0.25, -0.2) is 8.42 Å². The smallest absolute Gasteiger partial charge is 0.262 e. The number of sulfone groups is 1. The molecule has 0 saturated carbocycles. The fourth-order valence-electron chi connectivity index (χ4n) is 3.02. The zero-order valence-electron chi connectivity index (χ0n) is 16.3. The number of hydrogen-bond donors (Lipinski definition) is 2. The van der Waals surface area contributed by atoms with Crippen LogP contribution in [0.1, 0.15) is 18.9 Å². The molecule has 2 aromatic rings. The van der Waals surface area contributed by atoms with E-state index in [0.717, 1.165) is 0 Å². The molecule has 0 aromatic heterocycles. The molecule has 0 fully saturated rings. The van der Waals surface area contributed by atoms with Gasteiger partial charge in [0.15, 0.2) is 16.4 Å². The SMILES string of the molecule is COc1cccc(NC(=O)C[C@@H](C)S(=O)(=O)c2cc3c(cc2C)NC(=O)CO3)c1. The highest BCUT2D eigenvalue weighted by Crippen LogP contribution is 2.34. The van der Waals surface area contributed by atoms with Crippen molar-refractivity contribution in [2.45, 2.75) is 30.4 Å². The third-order valence-corrected chi connectivity index (χ3v) is 6.85. The second-order valence-corrected chi connectivity index (χ2v) is 9.13. The molecule has 1 atom stereocenters. The summed E-state index contributed by atoms with van der Waals surface area (Å²) in [5.41, 5.74) is 1.42. The number of nitrogens with one attached hydrogen (secondary N) is 2. The van der Waals surface area contributed by atoms with Crippen molar-refractivity contribution in [1.82, 2.24) is 0 Å². The van der Waals surface area contributed by atoms with Gasteiger partial charge in [0.2, 0.25) is 5.91 Å². The number of ether oxygens (including phenoxy) is 2. The van der Waals surface area contributed by atoms with Crippen molar-refractivity contribution in [2.75, 3.05) is 24.4 Å². The Balaban J connectivity index is 1.77. The van der Waals surface area contributed by atoms with Crippen LogP contribution < -0.4 is 20.1 Å². The number of rotatable bonds is 6. The van der Waals surface area contributed by atoms with Crippen LogP contribution in [-0.2, 0) is 19.4 Å². The number of carbonyl (C=O) groups excluding carboxylic acids is 2. The minimum atomic E-state index is -3.80. The summed E-state index contributed by atoms with van der Waals surface area (Å²) in [7, 11) is -2.28. The lowest BCUT2D eigenvalue weighted by molar-refractivity contribution is -0.118. The Bertz CT molecular complexity index is 1060. The Morgan fingerprint density at radius 2 is 2.07 bits per heavy atom. The molecule has 0 radical (unpaired) electrons. The zero-order chi connectivity index (χ0) is 21.2.